The molecule has 0 bridgehead atoms. The van der Waals surface area contributed by atoms with Crippen molar-refractivity contribution in [2.24, 2.45) is 5.73 Å². The molecule has 3 rings (SSSR count). The lowest BCUT2D eigenvalue weighted by Crippen LogP contribution is -2.18. The molecular weight excluding hydrogens is 429 g/mol. The highest BCUT2D eigenvalue weighted by atomic mass is 35.5. The molecule has 4 nitrogen and oxygen atoms in total. The summed E-state index contributed by atoms with van der Waals surface area (Å²) in [4.78, 5) is 4.05. The Morgan fingerprint density at radius 1 is 1.04 bits per heavy atom. The predicted molar refractivity (Wildman–Crippen MR) is 106 cm³/mol. The average Bonchev–Trinajstić information content (AvgIpc) is 2.65. The molecule has 0 radical (unpaired) electrons. The van der Waals surface area contributed by atoms with Crippen LogP contribution in [0.25, 0.3) is 0 Å². The Balaban J connectivity index is 0.00000280. The van der Waals surface area contributed by atoms with Gasteiger partial charge in [-0.15, -0.1) is 12.4 Å². The standard InChI is InChI=1S/C19H15ClF2N2O2S.ClH/c20-13-2-5-15(6-3-13)27(25,26)19(16-9-14(21)4-7-17(16)22)18-8-1-12(10-23)11-24-18;/h1-9,11,19H,10,23H2;1H. The van der Waals surface area contributed by atoms with Crippen molar-refractivity contribution in [2.75, 3.05) is 0 Å². The van der Waals surface area contributed by atoms with Crippen LogP contribution in [0.3, 0.4) is 0 Å². The monoisotopic (exact) mass is 444 g/mol. The normalized spacial score (nSPS) is 12.3. The van der Waals surface area contributed by atoms with Crippen LogP contribution < -0.4 is 5.73 Å². The number of sulfone groups is 1. The Morgan fingerprint density at radius 3 is 2.29 bits per heavy atom. The van der Waals surface area contributed by atoms with Gasteiger partial charge in [-0.05, 0) is 54.1 Å². The fourth-order valence-corrected chi connectivity index (χ4v) is 4.56. The molecular formula is C19H16Cl2F2N2O2S. The molecule has 0 spiro atoms. The van der Waals surface area contributed by atoms with E-state index in [9.17, 15) is 17.2 Å². The number of aromatic nitrogens is 1. The summed E-state index contributed by atoms with van der Waals surface area (Å²) < 4.78 is 54.8. The second-order valence-corrected chi connectivity index (χ2v) is 8.31. The van der Waals surface area contributed by atoms with Gasteiger partial charge in [0.1, 0.15) is 16.9 Å². The third-order valence-electron chi connectivity index (χ3n) is 4.04. The van der Waals surface area contributed by atoms with Gasteiger partial charge in [-0.1, -0.05) is 17.7 Å². The minimum absolute atomic E-state index is 0. The number of nitrogens with zero attached hydrogens (tertiary/aromatic N) is 1. The maximum atomic E-state index is 14.5. The molecule has 0 saturated carbocycles. The molecule has 2 N–H and O–H groups in total. The van der Waals surface area contributed by atoms with Gasteiger partial charge in [0.15, 0.2) is 9.84 Å². The maximum absolute atomic E-state index is 14.5. The van der Waals surface area contributed by atoms with Crippen LogP contribution in [0.4, 0.5) is 8.78 Å². The second-order valence-electron chi connectivity index (χ2n) is 5.84. The van der Waals surface area contributed by atoms with Crippen LogP contribution in [0.15, 0.2) is 65.7 Å². The third-order valence-corrected chi connectivity index (χ3v) is 6.34. The number of hydrogen-bond acceptors (Lipinski definition) is 4. The molecule has 1 atom stereocenters. The maximum Gasteiger partial charge on any atom is 0.191 e. The Kier molecular flexibility index (Phi) is 7.11. The molecule has 1 heterocycles. The highest BCUT2D eigenvalue weighted by Crippen LogP contribution is 2.36. The van der Waals surface area contributed by atoms with Gasteiger partial charge in [-0.2, -0.15) is 0 Å². The van der Waals surface area contributed by atoms with Crippen LogP contribution in [0.5, 0.6) is 0 Å². The zero-order chi connectivity index (χ0) is 19.6. The zero-order valence-corrected chi connectivity index (χ0v) is 16.7. The van der Waals surface area contributed by atoms with E-state index in [0.29, 0.717) is 10.6 Å². The highest BCUT2D eigenvalue weighted by molar-refractivity contribution is 7.91. The first-order valence-corrected chi connectivity index (χ1v) is 9.84. The fourth-order valence-electron chi connectivity index (χ4n) is 2.67. The number of rotatable bonds is 5. The minimum Gasteiger partial charge on any atom is -0.326 e. The largest absolute Gasteiger partial charge is 0.326 e. The van der Waals surface area contributed by atoms with Crippen molar-refractivity contribution in [2.45, 2.75) is 16.7 Å². The minimum atomic E-state index is -4.14. The van der Waals surface area contributed by atoms with E-state index < -0.39 is 26.7 Å². The van der Waals surface area contributed by atoms with Crippen LogP contribution in [0, 0.1) is 11.6 Å². The van der Waals surface area contributed by atoms with Gasteiger partial charge in [0.25, 0.3) is 0 Å². The van der Waals surface area contributed by atoms with Crippen molar-refractivity contribution in [3.05, 3.63) is 94.3 Å². The van der Waals surface area contributed by atoms with E-state index in [-0.39, 0.29) is 35.1 Å². The van der Waals surface area contributed by atoms with Crippen LogP contribution in [0.2, 0.25) is 5.02 Å². The quantitative estimate of drug-likeness (QED) is 0.630. The SMILES string of the molecule is Cl.NCc1ccc(C(c2cc(F)ccc2F)S(=O)(=O)c2ccc(Cl)cc2)nc1. The lowest BCUT2D eigenvalue weighted by atomic mass is 10.1. The summed E-state index contributed by atoms with van der Waals surface area (Å²) in [6, 6.07) is 11.2. The van der Waals surface area contributed by atoms with Gasteiger partial charge in [0, 0.05) is 23.3 Å². The summed E-state index contributed by atoms with van der Waals surface area (Å²) in [5.74, 6) is -1.59. The van der Waals surface area contributed by atoms with Crippen LogP contribution >= 0.6 is 24.0 Å². The third kappa shape index (κ3) is 4.50. The molecule has 2 aromatic carbocycles. The van der Waals surface area contributed by atoms with Gasteiger partial charge in [0.2, 0.25) is 0 Å². The summed E-state index contributed by atoms with van der Waals surface area (Å²) in [7, 11) is -4.14. The van der Waals surface area contributed by atoms with Crippen molar-refractivity contribution in [3.8, 4) is 0 Å². The molecule has 0 fully saturated rings. The molecule has 148 valence electrons. The molecule has 0 saturated heterocycles. The van der Waals surface area contributed by atoms with E-state index in [2.05, 4.69) is 4.98 Å². The first kappa shape index (κ1) is 22.2. The molecule has 1 unspecified atom stereocenters. The Morgan fingerprint density at radius 2 is 1.71 bits per heavy atom. The molecule has 28 heavy (non-hydrogen) atoms. The van der Waals surface area contributed by atoms with Crippen molar-refractivity contribution in [1.29, 1.82) is 0 Å². The molecule has 0 aliphatic rings. The zero-order valence-electron chi connectivity index (χ0n) is 14.3. The van der Waals surface area contributed by atoms with E-state index in [4.69, 9.17) is 17.3 Å². The van der Waals surface area contributed by atoms with Gasteiger partial charge >= 0.3 is 0 Å². The molecule has 0 amide bonds. The van der Waals surface area contributed by atoms with Crippen molar-refractivity contribution >= 4 is 33.8 Å². The van der Waals surface area contributed by atoms with Gasteiger partial charge < -0.3 is 5.73 Å². The second kappa shape index (κ2) is 8.96. The number of halogens is 4. The van der Waals surface area contributed by atoms with Gasteiger partial charge in [0.05, 0.1) is 10.6 Å². The Bertz CT molecular complexity index is 1060. The molecule has 3 aromatic rings. The summed E-state index contributed by atoms with van der Waals surface area (Å²) in [6.45, 7) is 0.218. The molecule has 1 aromatic heterocycles. The fraction of sp³-hybridized carbons (Fsp3) is 0.105. The lowest BCUT2D eigenvalue weighted by molar-refractivity contribution is 0.568. The number of hydrogen-bond donors (Lipinski definition) is 1. The lowest BCUT2D eigenvalue weighted by Gasteiger charge is -2.19. The molecule has 0 aliphatic carbocycles. The summed E-state index contributed by atoms with van der Waals surface area (Å²) in [5, 5.41) is -1.17. The summed E-state index contributed by atoms with van der Waals surface area (Å²) in [5.41, 5.74) is 5.96. The molecule has 0 aliphatic heterocycles. The number of pyridine rings is 1. The van der Waals surface area contributed by atoms with Crippen molar-refractivity contribution in [3.63, 3.8) is 0 Å². The van der Waals surface area contributed by atoms with E-state index in [0.717, 1.165) is 18.2 Å². The predicted octanol–water partition coefficient (Wildman–Crippen LogP) is 4.46. The number of benzene rings is 2. The van der Waals surface area contributed by atoms with E-state index in [1.54, 1.807) is 6.07 Å². The van der Waals surface area contributed by atoms with Crippen LogP contribution in [-0.4, -0.2) is 13.4 Å². The molecule has 9 heteroatoms. The Labute approximate surface area is 172 Å². The van der Waals surface area contributed by atoms with Crippen molar-refractivity contribution < 1.29 is 17.2 Å². The smallest absolute Gasteiger partial charge is 0.191 e. The van der Waals surface area contributed by atoms with E-state index in [1.807, 2.05) is 0 Å². The highest BCUT2D eigenvalue weighted by Gasteiger charge is 2.34. The first-order chi connectivity index (χ1) is 12.8. The van der Waals surface area contributed by atoms with Gasteiger partial charge in [-0.3, -0.25) is 4.98 Å². The Hall–Kier alpha value is -2.06. The summed E-state index contributed by atoms with van der Waals surface area (Å²) in [6.07, 6.45) is 1.41. The topological polar surface area (TPSA) is 73.1 Å². The van der Waals surface area contributed by atoms with Crippen LogP contribution in [0.1, 0.15) is 22.1 Å². The average molecular weight is 445 g/mol. The number of nitrogens with two attached hydrogens (primary N) is 1. The van der Waals surface area contributed by atoms with Gasteiger partial charge in [-0.25, -0.2) is 17.2 Å². The first-order valence-electron chi connectivity index (χ1n) is 7.92. The summed E-state index contributed by atoms with van der Waals surface area (Å²) >= 11 is 5.83. The van der Waals surface area contributed by atoms with Crippen molar-refractivity contribution in [1.82, 2.24) is 4.98 Å². The van der Waals surface area contributed by atoms with E-state index in [1.165, 1.54) is 36.5 Å². The van der Waals surface area contributed by atoms with Crippen LogP contribution in [-0.2, 0) is 16.4 Å². The van der Waals surface area contributed by atoms with E-state index >= 15 is 0 Å².